The molecule has 0 unspecified atom stereocenters. The van der Waals surface area contributed by atoms with E-state index < -0.39 is 5.82 Å². The molecule has 0 radical (unpaired) electrons. The molecule has 0 fully saturated rings. The lowest BCUT2D eigenvalue weighted by molar-refractivity contribution is -0.117. The van der Waals surface area contributed by atoms with Crippen LogP contribution in [0.2, 0.25) is 0 Å². The number of ether oxygens (including phenoxy) is 1. The number of pyridine rings is 1. The zero-order valence-corrected chi connectivity index (χ0v) is 12.1. The van der Waals surface area contributed by atoms with Crippen molar-refractivity contribution < 1.29 is 13.9 Å². The molecular formula is C17H15FN2O2. The molecule has 0 aliphatic rings. The molecule has 4 nitrogen and oxygen atoms in total. The Morgan fingerprint density at radius 2 is 2.14 bits per heavy atom. The van der Waals surface area contributed by atoms with Crippen LogP contribution in [0.25, 0.3) is 5.65 Å². The van der Waals surface area contributed by atoms with Crippen LogP contribution in [-0.2, 0) is 17.6 Å². The fraction of sp³-hybridized carbons (Fsp3) is 0.176. The van der Waals surface area contributed by atoms with E-state index in [0.717, 1.165) is 11.3 Å². The molecule has 0 spiro atoms. The van der Waals surface area contributed by atoms with Crippen molar-refractivity contribution >= 4 is 11.4 Å². The van der Waals surface area contributed by atoms with Crippen LogP contribution >= 0.6 is 0 Å². The second-order valence-corrected chi connectivity index (χ2v) is 5.03. The summed E-state index contributed by atoms with van der Waals surface area (Å²) in [5, 5.41) is 0. The van der Waals surface area contributed by atoms with Gasteiger partial charge >= 0.3 is 0 Å². The highest BCUT2D eigenvalue weighted by atomic mass is 19.1. The van der Waals surface area contributed by atoms with Gasteiger partial charge in [-0.25, -0.2) is 9.37 Å². The zero-order valence-electron chi connectivity index (χ0n) is 12.1. The predicted molar refractivity (Wildman–Crippen MR) is 80.6 cm³/mol. The summed E-state index contributed by atoms with van der Waals surface area (Å²) in [6, 6.07) is 10.2. The zero-order chi connectivity index (χ0) is 15.5. The Balaban J connectivity index is 1.75. The molecule has 22 heavy (non-hydrogen) atoms. The maximum absolute atomic E-state index is 13.6. The molecule has 5 heteroatoms. The van der Waals surface area contributed by atoms with Crippen molar-refractivity contribution in [2.75, 3.05) is 7.11 Å². The summed E-state index contributed by atoms with van der Waals surface area (Å²) in [5.74, 6) is -0.255. The minimum absolute atomic E-state index is 0.0192. The molecule has 0 saturated heterocycles. The second-order valence-electron chi connectivity index (χ2n) is 5.03. The molecule has 3 rings (SSSR count). The third kappa shape index (κ3) is 2.83. The minimum Gasteiger partial charge on any atom is -0.494 e. The summed E-state index contributed by atoms with van der Waals surface area (Å²) in [6.45, 7) is 0. The van der Waals surface area contributed by atoms with Gasteiger partial charge in [0, 0.05) is 30.9 Å². The van der Waals surface area contributed by atoms with Crippen molar-refractivity contribution in [3.63, 3.8) is 0 Å². The van der Waals surface area contributed by atoms with Crippen LogP contribution in [-0.4, -0.2) is 22.3 Å². The van der Waals surface area contributed by atoms with E-state index in [0.29, 0.717) is 5.56 Å². The van der Waals surface area contributed by atoms with Crippen molar-refractivity contribution in [3.8, 4) is 5.75 Å². The Kier molecular flexibility index (Phi) is 3.87. The van der Waals surface area contributed by atoms with Crippen molar-refractivity contribution in [1.29, 1.82) is 0 Å². The molecule has 0 atom stereocenters. The quantitative estimate of drug-likeness (QED) is 0.727. The molecule has 0 bridgehead atoms. The molecule has 2 aromatic heterocycles. The number of carbonyl (C=O) groups is 1. The molecule has 2 heterocycles. The number of benzene rings is 1. The third-order valence-corrected chi connectivity index (χ3v) is 3.51. The maximum Gasteiger partial charge on any atom is 0.165 e. The number of carbonyl (C=O) groups excluding carboxylic acids is 1. The van der Waals surface area contributed by atoms with Crippen molar-refractivity contribution in [2.45, 2.75) is 12.8 Å². The number of fused-ring (bicyclic) bond motifs is 1. The Morgan fingerprint density at radius 1 is 1.27 bits per heavy atom. The van der Waals surface area contributed by atoms with Crippen LogP contribution in [0.4, 0.5) is 4.39 Å². The highest BCUT2D eigenvalue weighted by Crippen LogP contribution is 2.18. The predicted octanol–water partition coefficient (Wildman–Crippen LogP) is 2.84. The van der Waals surface area contributed by atoms with Crippen molar-refractivity contribution in [3.05, 3.63) is 65.9 Å². The highest BCUT2D eigenvalue weighted by molar-refractivity contribution is 5.83. The molecule has 0 saturated carbocycles. The van der Waals surface area contributed by atoms with Crippen molar-refractivity contribution in [1.82, 2.24) is 9.38 Å². The number of hydrogen-bond donors (Lipinski definition) is 0. The van der Waals surface area contributed by atoms with E-state index in [1.165, 1.54) is 19.2 Å². The lowest BCUT2D eigenvalue weighted by Gasteiger charge is -2.07. The Labute approximate surface area is 127 Å². The van der Waals surface area contributed by atoms with Crippen LogP contribution in [0.3, 0.4) is 0 Å². The van der Waals surface area contributed by atoms with Gasteiger partial charge in [0.1, 0.15) is 11.4 Å². The minimum atomic E-state index is -0.454. The number of ketones is 1. The van der Waals surface area contributed by atoms with Gasteiger partial charge in [-0.15, -0.1) is 0 Å². The van der Waals surface area contributed by atoms with E-state index >= 15 is 0 Å². The van der Waals surface area contributed by atoms with Crippen LogP contribution in [0.15, 0.2) is 48.8 Å². The summed E-state index contributed by atoms with van der Waals surface area (Å²) in [6.07, 6.45) is 3.99. The number of Topliss-reactive ketones (excluding diaryl/α,β-unsaturated/α-hetero) is 1. The van der Waals surface area contributed by atoms with E-state index in [9.17, 15) is 9.18 Å². The van der Waals surface area contributed by atoms with Gasteiger partial charge in [0.15, 0.2) is 11.6 Å². The third-order valence-electron chi connectivity index (χ3n) is 3.51. The van der Waals surface area contributed by atoms with Gasteiger partial charge in [0.2, 0.25) is 0 Å². The van der Waals surface area contributed by atoms with Gasteiger partial charge < -0.3 is 9.14 Å². The first-order valence-corrected chi connectivity index (χ1v) is 6.92. The Bertz CT molecular complexity index is 826. The number of halogens is 1. The van der Waals surface area contributed by atoms with E-state index in [1.54, 1.807) is 12.3 Å². The van der Waals surface area contributed by atoms with Crippen LogP contribution in [0.5, 0.6) is 5.75 Å². The first kappa shape index (κ1) is 14.3. The fourth-order valence-corrected chi connectivity index (χ4v) is 2.46. The normalized spacial score (nSPS) is 10.8. The van der Waals surface area contributed by atoms with Crippen LogP contribution in [0.1, 0.15) is 11.3 Å². The Morgan fingerprint density at radius 3 is 2.91 bits per heavy atom. The Hall–Kier alpha value is -2.69. The number of rotatable bonds is 5. The molecule has 0 aliphatic heterocycles. The number of methoxy groups -OCH3 is 1. The van der Waals surface area contributed by atoms with E-state index in [4.69, 9.17) is 4.74 Å². The van der Waals surface area contributed by atoms with E-state index in [2.05, 4.69) is 4.98 Å². The molecule has 0 N–H and O–H groups in total. The average molecular weight is 298 g/mol. The lowest BCUT2D eigenvalue weighted by atomic mass is 10.0. The SMILES string of the molecule is COc1ccc(CC(=O)Cc2cccc3nccn23)cc1F. The fourth-order valence-electron chi connectivity index (χ4n) is 2.46. The number of aromatic nitrogens is 2. The molecule has 0 aliphatic carbocycles. The number of imidazole rings is 1. The highest BCUT2D eigenvalue weighted by Gasteiger charge is 2.10. The summed E-state index contributed by atoms with van der Waals surface area (Å²) >= 11 is 0. The van der Waals surface area contributed by atoms with Gasteiger partial charge in [0.25, 0.3) is 0 Å². The maximum atomic E-state index is 13.6. The smallest absolute Gasteiger partial charge is 0.165 e. The second kappa shape index (κ2) is 5.97. The lowest BCUT2D eigenvalue weighted by Crippen LogP contribution is -2.09. The average Bonchev–Trinajstić information content (AvgIpc) is 2.97. The molecule has 112 valence electrons. The van der Waals surface area contributed by atoms with E-state index in [-0.39, 0.29) is 24.4 Å². The van der Waals surface area contributed by atoms with Gasteiger partial charge in [-0.2, -0.15) is 0 Å². The summed E-state index contributed by atoms with van der Waals surface area (Å²) in [4.78, 5) is 16.4. The van der Waals surface area contributed by atoms with Crippen LogP contribution in [0, 0.1) is 5.82 Å². The van der Waals surface area contributed by atoms with E-state index in [1.807, 2.05) is 28.8 Å². The topological polar surface area (TPSA) is 43.6 Å². The molecule has 1 aromatic carbocycles. The van der Waals surface area contributed by atoms with Gasteiger partial charge in [0.05, 0.1) is 7.11 Å². The summed E-state index contributed by atoms with van der Waals surface area (Å²) in [5.41, 5.74) is 2.32. The molecule has 3 aromatic rings. The molecule has 0 amide bonds. The monoisotopic (exact) mass is 298 g/mol. The first-order chi connectivity index (χ1) is 10.7. The standard InChI is InChI=1S/C17H15FN2O2/c1-22-16-6-5-12(10-15(16)18)9-14(21)11-13-3-2-4-17-19-7-8-20(13)17/h2-8,10H,9,11H2,1H3. The van der Waals surface area contributed by atoms with Crippen molar-refractivity contribution in [2.24, 2.45) is 0 Å². The summed E-state index contributed by atoms with van der Waals surface area (Å²) in [7, 11) is 1.41. The number of nitrogens with zero attached hydrogens (tertiary/aromatic N) is 2. The first-order valence-electron chi connectivity index (χ1n) is 6.92. The van der Waals surface area contributed by atoms with Gasteiger partial charge in [-0.1, -0.05) is 12.1 Å². The van der Waals surface area contributed by atoms with Gasteiger partial charge in [-0.3, -0.25) is 4.79 Å². The largest absolute Gasteiger partial charge is 0.494 e. The van der Waals surface area contributed by atoms with Gasteiger partial charge in [-0.05, 0) is 29.8 Å². The number of hydrogen-bond acceptors (Lipinski definition) is 3. The van der Waals surface area contributed by atoms with Crippen LogP contribution < -0.4 is 4.74 Å². The molecular weight excluding hydrogens is 283 g/mol. The summed E-state index contributed by atoms with van der Waals surface area (Å²) < 4.78 is 20.4.